The van der Waals surface area contributed by atoms with Crippen molar-refractivity contribution in [2.24, 2.45) is 0 Å². The normalized spacial score (nSPS) is 13.4. The van der Waals surface area contributed by atoms with Crippen molar-refractivity contribution in [1.29, 1.82) is 0 Å². The lowest BCUT2D eigenvalue weighted by Gasteiger charge is -2.24. The molecule has 1 heterocycles. The van der Waals surface area contributed by atoms with Crippen molar-refractivity contribution in [2.45, 2.75) is 38.8 Å². The van der Waals surface area contributed by atoms with Crippen molar-refractivity contribution in [3.63, 3.8) is 0 Å². The number of hydrogen-bond donors (Lipinski definition) is 2. The summed E-state index contributed by atoms with van der Waals surface area (Å²) in [5, 5.41) is 12.3. The lowest BCUT2D eigenvalue weighted by molar-refractivity contribution is 0.0485. The van der Waals surface area contributed by atoms with Gasteiger partial charge in [-0.05, 0) is 32.8 Å². The van der Waals surface area contributed by atoms with Crippen molar-refractivity contribution in [3.8, 4) is 17.2 Å². The molecule has 0 aromatic heterocycles. The first-order chi connectivity index (χ1) is 14.2. The van der Waals surface area contributed by atoms with Crippen LogP contribution in [0.3, 0.4) is 0 Å². The zero-order valence-electron chi connectivity index (χ0n) is 17.1. The van der Waals surface area contributed by atoms with Gasteiger partial charge in [-0.15, -0.1) is 0 Å². The zero-order chi connectivity index (χ0) is 21.7. The Labute approximate surface area is 174 Å². The first kappa shape index (κ1) is 21.3. The molecule has 1 aliphatic rings. The van der Waals surface area contributed by atoms with Crippen LogP contribution in [0.5, 0.6) is 17.2 Å². The minimum Gasteiger partial charge on any atom is -0.490 e. The number of fused-ring (bicyclic) bond motifs is 1. The second-order valence-corrected chi connectivity index (χ2v) is 7.85. The van der Waals surface area contributed by atoms with E-state index in [2.05, 4.69) is 5.32 Å². The van der Waals surface area contributed by atoms with Crippen LogP contribution >= 0.6 is 0 Å². The number of hydrogen-bond acceptors (Lipinski definition) is 6. The summed E-state index contributed by atoms with van der Waals surface area (Å²) in [6.45, 7) is 5.39. The third-order valence-electron chi connectivity index (χ3n) is 4.19. The van der Waals surface area contributed by atoms with E-state index >= 15 is 0 Å². The number of ether oxygens (including phenoxy) is 4. The minimum atomic E-state index is -1.15. The first-order valence-corrected chi connectivity index (χ1v) is 9.54. The van der Waals surface area contributed by atoms with Crippen LogP contribution in [0.4, 0.5) is 4.79 Å². The second kappa shape index (κ2) is 8.94. The van der Waals surface area contributed by atoms with Crippen LogP contribution in [0.2, 0.25) is 0 Å². The van der Waals surface area contributed by atoms with Crippen LogP contribution in [0.25, 0.3) is 0 Å². The molecule has 1 aliphatic heterocycles. The summed E-state index contributed by atoms with van der Waals surface area (Å²) in [7, 11) is 0. The van der Waals surface area contributed by atoms with Gasteiger partial charge in [0, 0.05) is 12.1 Å². The number of carbonyl (C=O) groups excluding carboxylic acids is 1. The molecular formula is C22H25NO7. The molecule has 2 N–H and O–H groups in total. The number of alkyl carbamates (subject to hydrolysis) is 1. The fourth-order valence-corrected chi connectivity index (χ4v) is 2.92. The van der Waals surface area contributed by atoms with E-state index < -0.39 is 23.7 Å². The number of carbonyl (C=O) groups is 2. The van der Waals surface area contributed by atoms with Gasteiger partial charge in [0.05, 0.1) is 6.04 Å². The summed E-state index contributed by atoms with van der Waals surface area (Å²) in [5.41, 5.74) is 0.303. The highest BCUT2D eigenvalue weighted by atomic mass is 16.7. The minimum absolute atomic E-state index is 0.0225. The lowest BCUT2D eigenvalue weighted by Crippen LogP contribution is -2.43. The number of carboxylic acids is 1. The standard InChI is InChI=1S/C22H25NO7/c1-22(2,3)30-21(26)23-15(9-14-7-5-4-6-8-14)12-27-17-11-19-18(28-13-29-19)10-16(17)20(24)25/h4-8,10-11,15H,9,12-13H2,1-3H3,(H,23,26)(H,24,25). The molecule has 1 atom stereocenters. The summed E-state index contributed by atoms with van der Waals surface area (Å²) in [6, 6.07) is 12.0. The Kier molecular flexibility index (Phi) is 6.34. The van der Waals surface area contributed by atoms with E-state index in [9.17, 15) is 14.7 Å². The van der Waals surface area contributed by atoms with Gasteiger partial charge in [0.25, 0.3) is 0 Å². The molecule has 0 aliphatic carbocycles. The molecule has 3 rings (SSSR count). The topological polar surface area (TPSA) is 103 Å². The Hall–Kier alpha value is -3.42. The monoisotopic (exact) mass is 415 g/mol. The van der Waals surface area contributed by atoms with E-state index in [0.717, 1.165) is 5.56 Å². The molecule has 0 saturated heterocycles. The summed E-state index contributed by atoms with van der Waals surface area (Å²) in [6.07, 6.45) is -0.0938. The molecule has 1 amide bonds. The molecule has 30 heavy (non-hydrogen) atoms. The smallest absolute Gasteiger partial charge is 0.408 e. The molecule has 0 saturated carbocycles. The molecule has 160 valence electrons. The maximum Gasteiger partial charge on any atom is 0.408 e. The van der Waals surface area contributed by atoms with Crippen LogP contribution < -0.4 is 19.5 Å². The fourth-order valence-electron chi connectivity index (χ4n) is 2.92. The average molecular weight is 415 g/mol. The maximum absolute atomic E-state index is 12.3. The Morgan fingerprint density at radius 2 is 1.80 bits per heavy atom. The van der Waals surface area contributed by atoms with Crippen molar-refractivity contribution < 1.29 is 33.6 Å². The van der Waals surface area contributed by atoms with E-state index in [1.54, 1.807) is 20.8 Å². The van der Waals surface area contributed by atoms with Gasteiger partial charge in [0.2, 0.25) is 6.79 Å². The molecule has 0 spiro atoms. The fraction of sp³-hybridized carbons (Fsp3) is 0.364. The third kappa shape index (κ3) is 5.79. The first-order valence-electron chi connectivity index (χ1n) is 9.54. The molecule has 1 unspecified atom stereocenters. The number of benzene rings is 2. The molecule has 0 fully saturated rings. The summed E-state index contributed by atoms with van der Waals surface area (Å²) in [4.78, 5) is 23.9. The van der Waals surface area contributed by atoms with Crippen LogP contribution in [0, 0.1) is 0 Å². The van der Waals surface area contributed by atoms with Gasteiger partial charge in [0.1, 0.15) is 23.5 Å². The molecule has 2 aromatic carbocycles. The largest absolute Gasteiger partial charge is 0.490 e. The number of rotatable bonds is 7. The quantitative estimate of drug-likeness (QED) is 0.712. The predicted octanol–water partition coefficient (Wildman–Crippen LogP) is 3.63. The van der Waals surface area contributed by atoms with Crippen molar-refractivity contribution in [3.05, 3.63) is 53.6 Å². The van der Waals surface area contributed by atoms with Gasteiger partial charge in [-0.3, -0.25) is 0 Å². The Bertz CT molecular complexity index is 906. The van der Waals surface area contributed by atoms with E-state index in [-0.39, 0.29) is 24.7 Å². The van der Waals surface area contributed by atoms with Gasteiger partial charge in [-0.25, -0.2) is 9.59 Å². The molecule has 2 aromatic rings. The molecule has 8 nitrogen and oxygen atoms in total. The molecule has 0 bridgehead atoms. The number of amides is 1. The number of aromatic carboxylic acids is 1. The van der Waals surface area contributed by atoms with Crippen LogP contribution in [-0.4, -0.2) is 42.2 Å². The molecule has 8 heteroatoms. The highest BCUT2D eigenvalue weighted by molar-refractivity contribution is 5.92. The zero-order valence-corrected chi connectivity index (χ0v) is 17.1. The van der Waals surface area contributed by atoms with Gasteiger partial charge < -0.3 is 29.4 Å². The van der Waals surface area contributed by atoms with Crippen molar-refractivity contribution >= 4 is 12.1 Å². The highest BCUT2D eigenvalue weighted by Gasteiger charge is 2.24. The van der Waals surface area contributed by atoms with Gasteiger partial charge in [-0.1, -0.05) is 30.3 Å². The Morgan fingerprint density at radius 1 is 1.13 bits per heavy atom. The Morgan fingerprint density at radius 3 is 2.43 bits per heavy atom. The lowest BCUT2D eigenvalue weighted by atomic mass is 10.1. The molecular weight excluding hydrogens is 390 g/mol. The second-order valence-electron chi connectivity index (χ2n) is 7.85. The summed E-state index contributed by atoms with van der Waals surface area (Å²) >= 11 is 0. The summed E-state index contributed by atoms with van der Waals surface area (Å²) in [5.74, 6) is -0.249. The SMILES string of the molecule is CC(C)(C)OC(=O)NC(COc1cc2c(cc1C(=O)O)OCO2)Cc1ccccc1. The van der Waals surface area contributed by atoms with Gasteiger partial charge in [-0.2, -0.15) is 0 Å². The van der Waals surface area contributed by atoms with Crippen LogP contribution in [0.15, 0.2) is 42.5 Å². The van der Waals surface area contributed by atoms with Crippen LogP contribution in [0.1, 0.15) is 36.7 Å². The Balaban J connectivity index is 1.76. The maximum atomic E-state index is 12.3. The van der Waals surface area contributed by atoms with Gasteiger partial charge in [0.15, 0.2) is 11.5 Å². The van der Waals surface area contributed by atoms with E-state index in [4.69, 9.17) is 18.9 Å². The van der Waals surface area contributed by atoms with E-state index in [0.29, 0.717) is 17.9 Å². The summed E-state index contributed by atoms with van der Waals surface area (Å²) < 4.78 is 21.7. The van der Waals surface area contributed by atoms with Crippen LogP contribution in [-0.2, 0) is 11.2 Å². The average Bonchev–Trinajstić information content (AvgIpc) is 3.12. The highest BCUT2D eigenvalue weighted by Crippen LogP contribution is 2.38. The predicted molar refractivity (Wildman–Crippen MR) is 108 cm³/mol. The van der Waals surface area contributed by atoms with E-state index in [1.807, 2.05) is 30.3 Å². The van der Waals surface area contributed by atoms with E-state index in [1.165, 1.54) is 12.1 Å². The molecule has 0 radical (unpaired) electrons. The third-order valence-corrected chi connectivity index (χ3v) is 4.19. The van der Waals surface area contributed by atoms with Crippen molar-refractivity contribution in [2.75, 3.05) is 13.4 Å². The van der Waals surface area contributed by atoms with Crippen molar-refractivity contribution in [1.82, 2.24) is 5.32 Å². The number of carboxylic acid groups (broad SMARTS) is 1. The van der Waals surface area contributed by atoms with Gasteiger partial charge >= 0.3 is 12.1 Å². The number of nitrogens with one attached hydrogen (secondary N) is 1.